The van der Waals surface area contributed by atoms with Crippen molar-refractivity contribution in [3.8, 4) is 0 Å². The van der Waals surface area contributed by atoms with Crippen molar-refractivity contribution in [3.05, 3.63) is 48.6 Å². The van der Waals surface area contributed by atoms with Crippen LogP contribution in [0.5, 0.6) is 0 Å². The maximum atomic E-state index is 12.9. The second-order valence-electron chi connectivity index (χ2n) is 21.3. The molecule has 0 aromatic rings. The van der Waals surface area contributed by atoms with E-state index in [1.807, 2.05) is 0 Å². The first-order valence-electron chi connectivity index (χ1n) is 31.6. The molecule has 0 unspecified atom stereocenters. The minimum Gasteiger partial charge on any atom is -0.462 e. The lowest BCUT2D eigenvalue weighted by molar-refractivity contribution is -0.167. The number of hydrogen-bond donors (Lipinski definition) is 0. The highest BCUT2D eigenvalue weighted by Gasteiger charge is 2.19. The van der Waals surface area contributed by atoms with Crippen molar-refractivity contribution in [2.45, 2.75) is 341 Å². The zero-order valence-electron chi connectivity index (χ0n) is 48.2. The summed E-state index contributed by atoms with van der Waals surface area (Å²) in [6.07, 6.45) is 75.4. The highest BCUT2D eigenvalue weighted by atomic mass is 16.6. The minimum atomic E-state index is -0.783. The molecular weight excluding hydrogens is 889 g/mol. The summed E-state index contributed by atoms with van der Waals surface area (Å²) in [6.45, 7) is 6.64. The Morgan fingerprint density at radius 3 is 0.806 bits per heavy atom. The van der Waals surface area contributed by atoms with Crippen molar-refractivity contribution in [1.82, 2.24) is 0 Å². The van der Waals surface area contributed by atoms with Crippen LogP contribution >= 0.6 is 0 Å². The third kappa shape index (κ3) is 58.3. The number of allylic oxidation sites excluding steroid dienone is 8. The van der Waals surface area contributed by atoms with Gasteiger partial charge < -0.3 is 14.2 Å². The SMILES string of the molecule is CCCCC/C=C\C/C=C\C/C=C\C/C=C\CCCCCC(=O)OC[C@@H](COC(=O)CCCCCCCCCCCCCCCCCCC)OC(=O)CCCCCCCCCCCCCCCCCCCC. The third-order valence-electron chi connectivity index (χ3n) is 14.1. The van der Waals surface area contributed by atoms with Crippen LogP contribution in [0.15, 0.2) is 48.6 Å². The van der Waals surface area contributed by atoms with Gasteiger partial charge in [0.1, 0.15) is 13.2 Å². The van der Waals surface area contributed by atoms with Gasteiger partial charge in [-0.2, -0.15) is 0 Å². The second-order valence-corrected chi connectivity index (χ2v) is 21.3. The Morgan fingerprint density at radius 1 is 0.278 bits per heavy atom. The fourth-order valence-electron chi connectivity index (χ4n) is 9.31. The molecule has 420 valence electrons. The Bertz CT molecular complexity index is 1250. The van der Waals surface area contributed by atoms with Gasteiger partial charge >= 0.3 is 17.9 Å². The van der Waals surface area contributed by atoms with Crippen LogP contribution in [0.3, 0.4) is 0 Å². The van der Waals surface area contributed by atoms with Crippen molar-refractivity contribution < 1.29 is 28.6 Å². The molecule has 0 aliphatic heterocycles. The normalized spacial score (nSPS) is 12.3. The van der Waals surface area contributed by atoms with Crippen LogP contribution in [-0.4, -0.2) is 37.2 Å². The van der Waals surface area contributed by atoms with E-state index in [9.17, 15) is 14.4 Å². The molecule has 6 heteroatoms. The van der Waals surface area contributed by atoms with Gasteiger partial charge in [0, 0.05) is 19.3 Å². The first kappa shape index (κ1) is 69.4. The summed E-state index contributed by atoms with van der Waals surface area (Å²) < 4.78 is 16.9. The van der Waals surface area contributed by atoms with Gasteiger partial charge in [-0.05, 0) is 64.2 Å². The summed E-state index contributed by atoms with van der Waals surface area (Å²) in [6, 6.07) is 0. The Labute approximate surface area is 448 Å². The van der Waals surface area contributed by atoms with E-state index in [1.165, 1.54) is 212 Å². The molecule has 0 N–H and O–H groups in total. The van der Waals surface area contributed by atoms with E-state index in [-0.39, 0.29) is 31.1 Å². The lowest BCUT2D eigenvalue weighted by Crippen LogP contribution is -2.30. The maximum Gasteiger partial charge on any atom is 0.306 e. The zero-order valence-corrected chi connectivity index (χ0v) is 48.2. The smallest absolute Gasteiger partial charge is 0.306 e. The fourth-order valence-corrected chi connectivity index (χ4v) is 9.31. The van der Waals surface area contributed by atoms with E-state index in [0.717, 1.165) is 83.5 Å². The molecule has 0 aliphatic rings. The highest BCUT2D eigenvalue weighted by molar-refractivity contribution is 5.71. The van der Waals surface area contributed by atoms with E-state index in [2.05, 4.69) is 69.4 Å². The summed E-state index contributed by atoms with van der Waals surface area (Å²) in [5, 5.41) is 0. The van der Waals surface area contributed by atoms with Crippen molar-refractivity contribution in [2.75, 3.05) is 13.2 Å². The molecular formula is C66H120O6. The van der Waals surface area contributed by atoms with Gasteiger partial charge in [-0.3, -0.25) is 14.4 Å². The quantitative estimate of drug-likeness (QED) is 0.0261. The molecule has 0 spiro atoms. The highest BCUT2D eigenvalue weighted by Crippen LogP contribution is 2.17. The van der Waals surface area contributed by atoms with Crippen LogP contribution in [-0.2, 0) is 28.6 Å². The molecule has 0 saturated carbocycles. The first-order valence-corrected chi connectivity index (χ1v) is 31.6. The molecule has 0 saturated heterocycles. The van der Waals surface area contributed by atoms with Crippen molar-refractivity contribution in [1.29, 1.82) is 0 Å². The van der Waals surface area contributed by atoms with Gasteiger partial charge in [0.2, 0.25) is 0 Å². The van der Waals surface area contributed by atoms with E-state index >= 15 is 0 Å². The Morgan fingerprint density at radius 2 is 0.500 bits per heavy atom. The van der Waals surface area contributed by atoms with Crippen LogP contribution in [0.2, 0.25) is 0 Å². The summed E-state index contributed by atoms with van der Waals surface area (Å²) in [5.74, 6) is -0.887. The number of unbranched alkanes of at least 4 members (excludes halogenated alkanes) is 39. The molecule has 0 radical (unpaired) electrons. The first-order chi connectivity index (χ1) is 35.5. The van der Waals surface area contributed by atoms with Gasteiger partial charge in [0.15, 0.2) is 6.10 Å². The topological polar surface area (TPSA) is 78.9 Å². The molecule has 0 amide bonds. The van der Waals surface area contributed by atoms with Crippen LogP contribution in [0.4, 0.5) is 0 Å². The standard InChI is InChI=1S/C66H120O6/c1-4-7-10-13-16-19-22-25-28-31-33-36-38-41-44-47-50-53-56-59-65(68)71-62-63(61-70-64(67)58-55-52-49-46-43-40-37-34-30-27-24-21-18-15-12-9-6-3)72-66(69)60-57-54-51-48-45-42-39-35-32-29-26-23-20-17-14-11-8-5-2/h16,19,25,28,33,36,41,44,63H,4-15,17-18,20-24,26-27,29-32,34-35,37-40,42-43,45-62H2,1-3H3/b19-16-,28-25-,36-33-,44-41-/t63-/m1/s1. The molecule has 72 heavy (non-hydrogen) atoms. The number of carbonyl (C=O) groups excluding carboxylic acids is 3. The lowest BCUT2D eigenvalue weighted by atomic mass is 10.0. The number of rotatable bonds is 58. The van der Waals surface area contributed by atoms with Gasteiger partial charge in [-0.1, -0.05) is 301 Å². The van der Waals surface area contributed by atoms with Crippen molar-refractivity contribution in [2.24, 2.45) is 0 Å². The van der Waals surface area contributed by atoms with Crippen LogP contribution in [0, 0.1) is 0 Å². The second kappa shape index (κ2) is 60.9. The van der Waals surface area contributed by atoms with Gasteiger partial charge in [0.25, 0.3) is 0 Å². The fraction of sp³-hybridized carbons (Fsp3) is 0.833. The van der Waals surface area contributed by atoms with Crippen molar-refractivity contribution >= 4 is 17.9 Å². The Kier molecular flexibility index (Phi) is 58.7. The predicted molar refractivity (Wildman–Crippen MR) is 312 cm³/mol. The summed E-state index contributed by atoms with van der Waals surface area (Å²) in [4.78, 5) is 38.3. The van der Waals surface area contributed by atoms with E-state index < -0.39 is 6.10 Å². The van der Waals surface area contributed by atoms with Gasteiger partial charge in [-0.15, -0.1) is 0 Å². The average Bonchev–Trinajstić information content (AvgIpc) is 3.38. The van der Waals surface area contributed by atoms with Crippen LogP contribution in [0.1, 0.15) is 335 Å². The molecule has 0 aromatic carbocycles. The number of ether oxygens (including phenoxy) is 3. The van der Waals surface area contributed by atoms with Crippen LogP contribution < -0.4 is 0 Å². The largest absolute Gasteiger partial charge is 0.462 e. The average molecular weight is 1010 g/mol. The monoisotopic (exact) mass is 1010 g/mol. The van der Waals surface area contributed by atoms with E-state index in [4.69, 9.17) is 14.2 Å². The minimum absolute atomic E-state index is 0.0784. The molecule has 0 rings (SSSR count). The number of carbonyl (C=O) groups is 3. The van der Waals surface area contributed by atoms with Gasteiger partial charge in [-0.25, -0.2) is 0 Å². The molecule has 1 atom stereocenters. The molecule has 0 heterocycles. The third-order valence-corrected chi connectivity index (χ3v) is 14.1. The number of esters is 3. The molecule has 0 bridgehead atoms. The Hall–Kier alpha value is -2.63. The lowest BCUT2D eigenvalue weighted by Gasteiger charge is -2.18. The summed E-state index contributed by atoms with van der Waals surface area (Å²) in [5.41, 5.74) is 0. The summed E-state index contributed by atoms with van der Waals surface area (Å²) >= 11 is 0. The van der Waals surface area contributed by atoms with E-state index in [1.54, 1.807) is 0 Å². The maximum absolute atomic E-state index is 12.9. The Balaban J connectivity index is 4.39. The molecule has 0 aromatic heterocycles. The van der Waals surface area contributed by atoms with Gasteiger partial charge in [0.05, 0.1) is 0 Å². The summed E-state index contributed by atoms with van der Waals surface area (Å²) in [7, 11) is 0. The molecule has 0 fully saturated rings. The van der Waals surface area contributed by atoms with E-state index in [0.29, 0.717) is 19.3 Å². The number of hydrogen-bond acceptors (Lipinski definition) is 6. The zero-order chi connectivity index (χ0) is 52.2. The predicted octanol–water partition coefficient (Wildman–Crippen LogP) is 21.4. The van der Waals surface area contributed by atoms with Crippen molar-refractivity contribution in [3.63, 3.8) is 0 Å². The van der Waals surface area contributed by atoms with Crippen LogP contribution in [0.25, 0.3) is 0 Å². The molecule has 0 aliphatic carbocycles. The molecule has 6 nitrogen and oxygen atoms in total.